The third-order valence-electron chi connectivity index (χ3n) is 2.11. The van der Waals surface area contributed by atoms with Crippen LogP contribution in [0.1, 0.15) is 12.0 Å². The number of allylic oxidation sites excluding steroid dienone is 1. The van der Waals surface area contributed by atoms with Crippen LogP contribution in [0, 0.1) is 11.8 Å². The minimum Gasteiger partial charge on any atom is -0.331 e. The minimum atomic E-state index is -0.282. The molecule has 16 heavy (non-hydrogen) atoms. The highest BCUT2D eigenvalue weighted by molar-refractivity contribution is 6.12. The highest BCUT2D eigenvalue weighted by Gasteiger charge is 2.17. The van der Waals surface area contributed by atoms with E-state index in [1.807, 2.05) is 30.3 Å². The Hall–Kier alpha value is -2.34. The normalized spacial score (nSPS) is 14.6. The van der Waals surface area contributed by atoms with E-state index in [-0.39, 0.29) is 18.1 Å². The summed E-state index contributed by atoms with van der Waals surface area (Å²) in [7, 11) is 0. The maximum Gasteiger partial charge on any atom is 0.231 e. The van der Waals surface area contributed by atoms with Gasteiger partial charge in [0, 0.05) is 11.8 Å². The quantitative estimate of drug-likeness (QED) is 0.514. The number of rotatable bonds is 0. The lowest BCUT2D eigenvalue weighted by atomic mass is 10.1. The van der Waals surface area contributed by atoms with Crippen molar-refractivity contribution in [1.29, 1.82) is 0 Å². The first-order valence-electron chi connectivity index (χ1n) is 4.85. The van der Waals surface area contributed by atoms with Crippen molar-refractivity contribution < 1.29 is 9.59 Å². The number of carbonyl (C=O) groups is 2. The molecular formula is C13H9NO2. The fourth-order valence-electron chi connectivity index (χ4n) is 1.29. The molecule has 0 atom stereocenters. The molecule has 0 saturated carbocycles. The van der Waals surface area contributed by atoms with Crippen LogP contribution in [0.4, 0.5) is 0 Å². The van der Waals surface area contributed by atoms with Crippen LogP contribution in [0.3, 0.4) is 0 Å². The van der Waals surface area contributed by atoms with Crippen LogP contribution in [0.2, 0.25) is 0 Å². The molecular weight excluding hydrogens is 202 g/mol. The maximum atomic E-state index is 11.4. The van der Waals surface area contributed by atoms with Crippen LogP contribution in [-0.4, -0.2) is 11.7 Å². The fraction of sp³-hybridized carbons (Fsp3) is 0.0769. The van der Waals surface area contributed by atoms with E-state index in [1.54, 1.807) is 0 Å². The summed E-state index contributed by atoms with van der Waals surface area (Å²) in [6.45, 7) is 0. The number of Topliss-reactive ketones (excluding diaryl/α,β-unsaturated/α-hetero) is 1. The fourth-order valence-corrected chi connectivity index (χ4v) is 1.29. The molecule has 1 aromatic rings. The Bertz CT molecular complexity index is 518. The first kappa shape index (κ1) is 10.2. The predicted octanol–water partition coefficient (Wildman–Crippen LogP) is 1.01. The Labute approximate surface area is 93.2 Å². The molecule has 1 aliphatic rings. The van der Waals surface area contributed by atoms with Crippen molar-refractivity contribution >= 4 is 11.7 Å². The van der Waals surface area contributed by atoms with E-state index in [0.717, 1.165) is 5.56 Å². The molecule has 1 N–H and O–H groups in total. The SMILES string of the molecule is O=C1CC(=O)C(C#Cc2ccccc2)=CN1. The molecule has 1 heterocycles. The second-order valence-electron chi connectivity index (χ2n) is 3.34. The molecule has 0 unspecified atom stereocenters. The minimum absolute atomic E-state index is 0.116. The van der Waals surface area contributed by atoms with Gasteiger partial charge in [0.15, 0.2) is 5.78 Å². The van der Waals surface area contributed by atoms with E-state index in [0.29, 0.717) is 5.57 Å². The van der Waals surface area contributed by atoms with Gasteiger partial charge < -0.3 is 5.32 Å². The van der Waals surface area contributed by atoms with Crippen molar-refractivity contribution in [2.24, 2.45) is 0 Å². The summed E-state index contributed by atoms with van der Waals surface area (Å²) in [5, 5.41) is 2.47. The lowest BCUT2D eigenvalue weighted by molar-refractivity contribution is -0.126. The number of ketones is 1. The Morgan fingerprint density at radius 3 is 2.50 bits per heavy atom. The third kappa shape index (κ3) is 2.37. The number of benzene rings is 1. The summed E-state index contributed by atoms with van der Waals surface area (Å²) in [5.74, 6) is 5.11. The first-order valence-corrected chi connectivity index (χ1v) is 4.85. The monoisotopic (exact) mass is 211 g/mol. The van der Waals surface area contributed by atoms with Crippen LogP contribution in [0.5, 0.6) is 0 Å². The van der Waals surface area contributed by atoms with Gasteiger partial charge in [0.25, 0.3) is 0 Å². The Kier molecular flexibility index (Phi) is 2.84. The number of nitrogens with one attached hydrogen (secondary N) is 1. The second-order valence-corrected chi connectivity index (χ2v) is 3.34. The molecule has 2 rings (SSSR count). The van der Waals surface area contributed by atoms with Gasteiger partial charge in [-0.1, -0.05) is 30.0 Å². The van der Waals surface area contributed by atoms with Gasteiger partial charge >= 0.3 is 0 Å². The molecule has 3 nitrogen and oxygen atoms in total. The van der Waals surface area contributed by atoms with E-state index in [4.69, 9.17) is 0 Å². The van der Waals surface area contributed by atoms with Gasteiger partial charge in [0.2, 0.25) is 5.91 Å². The van der Waals surface area contributed by atoms with Crippen molar-refractivity contribution in [3.8, 4) is 11.8 Å². The van der Waals surface area contributed by atoms with Crippen molar-refractivity contribution in [2.45, 2.75) is 6.42 Å². The highest BCUT2D eigenvalue weighted by atomic mass is 16.2. The number of amides is 1. The standard InChI is InChI=1S/C13H9NO2/c15-12-8-13(16)14-9-11(12)7-6-10-4-2-1-3-5-10/h1-5,9H,8H2,(H,14,16). The Balaban J connectivity index is 2.20. The van der Waals surface area contributed by atoms with E-state index in [1.165, 1.54) is 6.20 Å². The Morgan fingerprint density at radius 1 is 1.06 bits per heavy atom. The largest absolute Gasteiger partial charge is 0.331 e. The van der Waals surface area contributed by atoms with Crippen LogP contribution in [0.15, 0.2) is 42.1 Å². The van der Waals surface area contributed by atoms with Crippen LogP contribution >= 0.6 is 0 Å². The zero-order valence-corrected chi connectivity index (χ0v) is 8.49. The number of hydrogen-bond donors (Lipinski definition) is 1. The molecule has 1 aromatic carbocycles. The molecule has 1 aliphatic heterocycles. The molecule has 3 heteroatoms. The zero-order valence-electron chi connectivity index (χ0n) is 8.49. The Morgan fingerprint density at radius 2 is 1.81 bits per heavy atom. The van der Waals surface area contributed by atoms with Crippen molar-refractivity contribution in [2.75, 3.05) is 0 Å². The molecule has 1 amide bonds. The third-order valence-corrected chi connectivity index (χ3v) is 2.11. The molecule has 0 bridgehead atoms. The van der Waals surface area contributed by atoms with Gasteiger partial charge in [-0.05, 0) is 12.1 Å². The summed E-state index contributed by atoms with van der Waals surface area (Å²) in [4.78, 5) is 22.3. The van der Waals surface area contributed by atoms with E-state index >= 15 is 0 Å². The summed E-state index contributed by atoms with van der Waals surface area (Å²) in [6.07, 6.45) is 1.25. The number of hydrogen-bond acceptors (Lipinski definition) is 2. The molecule has 0 spiro atoms. The summed E-state index contributed by atoms with van der Waals surface area (Å²) in [6, 6.07) is 9.38. The van der Waals surface area contributed by atoms with Crippen molar-refractivity contribution in [3.63, 3.8) is 0 Å². The summed E-state index contributed by atoms with van der Waals surface area (Å²) < 4.78 is 0. The molecule has 0 saturated heterocycles. The lowest BCUT2D eigenvalue weighted by Crippen LogP contribution is -2.27. The van der Waals surface area contributed by atoms with Crippen LogP contribution in [0.25, 0.3) is 0 Å². The van der Waals surface area contributed by atoms with Gasteiger partial charge in [-0.15, -0.1) is 0 Å². The van der Waals surface area contributed by atoms with Gasteiger partial charge in [-0.2, -0.15) is 0 Å². The van der Waals surface area contributed by atoms with Crippen molar-refractivity contribution in [3.05, 3.63) is 47.7 Å². The average molecular weight is 211 g/mol. The maximum absolute atomic E-state index is 11.4. The van der Waals surface area contributed by atoms with Gasteiger partial charge in [0.05, 0.1) is 12.0 Å². The van der Waals surface area contributed by atoms with Crippen LogP contribution < -0.4 is 5.32 Å². The summed E-state index contributed by atoms with van der Waals surface area (Å²) in [5.41, 5.74) is 1.19. The lowest BCUT2D eigenvalue weighted by Gasteiger charge is -2.06. The van der Waals surface area contributed by atoms with Crippen LogP contribution in [-0.2, 0) is 9.59 Å². The molecule has 0 aliphatic carbocycles. The highest BCUT2D eigenvalue weighted by Crippen LogP contribution is 2.04. The van der Waals surface area contributed by atoms with Gasteiger partial charge in [-0.25, -0.2) is 0 Å². The van der Waals surface area contributed by atoms with E-state index < -0.39 is 0 Å². The summed E-state index contributed by atoms with van der Waals surface area (Å²) >= 11 is 0. The average Bonchev–Trinajstić information content (AvgIpc) is 2.29. The van der Waals surface area contributed by atoms with E-state index in [9.17, 15) is 9.59 Å². The topological polar surface area (TPSA) is 46.2 Å². The molecule has 0 aromatic heterocycles. The molecule has 78 valence electrons. The van der Waals surface area contributed by atoms with E-state index in [2.05, 4.69) is 17.2 Å². The zero-order chi connectivity index (χ0) is 11.4. The van der Waals surface area contributed by atoms with Gasteiger partial charge in [0.1, 0.15) is 0 Å². The smallest absolute Gasteiger partial charge is 0.231 e. The molecule has 0 radical (unpaired) electrons. The predicted molar refractivity (Wildman–Crippen MR) is 59.2 cm³/mol. The van der Waals surface area contributed by atoms with Gasteiger partial charge in [-0.3, -0.25) is 9.59 Å². The van der Waals surface area contributed by atoms with Crippen molar-refractivity contribution in [1.82, 2.24) is 5.32 Å². The molecule has 0 fully saturated rings. The first-order chi connectivity index (χ1) is 7.75. The second kappa shape index (κ2) is 4.45. The number of carbonyl (C=O) groups excluding carboxylic acids is 2.